The average Bonchev–Trinajstić information content (AvgIpc) is 2.55. The molecule has 0 N–H and O–H groups in total. The summed E-state index contributed by atoms with van der Waals surface area (Å²) < 4.78 is 0. The molecule has 0 aromatic carbocycles. The Kier molecular flexibility index (Phi) is 41.2. The third-order valence-corrected chi connectivity index (χ3v) is 1590. The molecule has 0 unspecified atom stereocenters. The van der Waals surface area contributed by atoms with Crippen molar-refractivity contribution in [2.24, 2.45) is 0 Å². The van der Waals surface area contributed by atoms with Gasteiger partial charge in [0, 0.05) is 0 Å². The predicted octanol–water partition coefficient (Wildman–Crippen LogP) is 20.0. The fourth-order valence-corrected chi connectivity index (χ4v) is 3610. The van der Waals surface area contributed by atoms with Crippen LogP contribution < -0.4 is 0 Å². The van der Waals surface area contributed by atoms with E-state index in [4.69, 9.17) is 5.70 Å². The van der Waals surface area contributed by atoms with Gasteiger partial charge in [0.15, 0.2) is 0 Å². The van der Waals surface area contributed by atoms with Crippen LogP contribution in [0.3, 0.4) is 0 Å². The number of halogens is 23. The normalized spacial score (nSPS) is 18.1. The van der Waals surface area contributed by atoms with Crippen LogP contribution >= 0.6 is 314 Å². The van der Waals surface area contributed by atoms with E-state index in [0.717, 1.165) is 0 Å². The predicted molar refractivity (Wildman–Crippen MR) is 328 cm³/mol. The number of hydrogen-bond acceptors (Lipinski definition) is 0. The van der Waals surface area contributed by atoms with Crippen LogP contribution in [0.15, 0.2) is 0 Å². The van der Waals surface area contributed by atoms with E-state index < -0.39 is 90.6 Å². The molecule has 0 atom stereocenters. The zero-order chi connectivity index (χ0) is 19.4. The van der Waals surface area contributed by atoms with Crippen molar-refractivity contribution in [3.05, 3.63) is 0 Å². The van der Waals surface area contributed by atoms with Gasteiger partial charge in [0.1, 0.15) is 0 Å². The first-order chi connectivity index (χ1) is 10.8. The topological polar surface area (TPSA) is 0 Å². The third kappa shape index (κ3) is 17.2. The van der Waals surface area contributed by atoms with Gasteiger partial charge >= 0.3 is 320 Å². The minimum atomic E-state index is -0.925. The van der Waals surface area contributed by atoms with Gasteiger partial charge in [0.25, 0.3) is 0 Å². The number of hydrogen-bond donors (Lipinski definition) is 0. The summed E-state index contributed by atoms with van der Waals surface area (Å²) in [4.78, 5) is 0. The Morgan fingerprint density at radius 1 is 0.333 bits per heavy atom. The summed E-state index contributed by atoms with van der Waals surface area (Å²) in [6.07, 6.45) is 0. The van der Waals surface area contributed by atoms with Crippen LogP contribution in [0.25, 0.3) is 0 Å². The Morgan fingerprint density at radius 3 is 0.750 bits per heavy atom. The third-order valence-electron chi connectivity index (χ3n) is 0.838. The van der Waals surface area contributed by atoms with E-state index in [9.17, 15) is 0 Å². The van der Waals surface area contributed by atoms with Crippen LogP contribution in [0.2, 0.25) is 0 Å². The summed E-state index contributed by atoms with van der Waals surface area (Å²) in [5.41, 5.74) is 6.48. The van der Waals surface area contributed by atoms with Gasteiger partial charge in [-0.25, -0.2) is 0 Å². The Bertz CT molecular complexity index is 303. The molecule has 0 fully saturated rings. The summed E-state index contributed by atoms with van der Waals surface area (Å²) in [5, 5.41) is 0. The van der Waals surface area contributed by atoms with E-state index in [-0.39, 0.29) is 0 Å². The molecule has 0 amide bonds. The van der Waals surface area contributed by atoms with Crippen LogP contribution in [-0.2, 0) is 0 Å². The molecule has 0 spiro atoms. The molecule has 0 bridgehead atoms. The van der Waals surface area contributed by atoms with E-state index >= 15 is 0 Å². The Morgan fingerprint density at radius 2 is 0.542 bits per heavy atom. The van der Waals surface area contributed by atoms with E-state index in [0.29, 0.717) is 0 Å². The van der Waals surface area contributed by atoms with Gasteiger partial charge in [-0.05, 0) is 0 Å². The van der Waals surface area contributed by atoms with Crippen LogP contribution in [0, 0.1) is 0 Å². The second-order valence-electron chi connectivity index (χ2n) is 1.84. The van der Waals surface area contributed by atoms with Gasteiger partial charge < -0.3 is 0 Å². The Hall–Kier alpha value is 16.9. The maximum absolute atomic E-state index is 6.48. The first-order valence-corrected chi connectivity index (χ1v) is 143. The van der Waals surface area contributed by atoms with E-state index in [1.807, 2.05) is 0 Å². The monoisotopic (exact) mass is 2930 g/mol. The Labute approximate surface area is 302 Å². The van der Waals surface area contributed by atoms with Crippen molar-refractivity contribution in [1.29, 1.82) is 0 Å². The first-order valence-electron chi connectivity index (χ1n) is 3.36. The van der Waals surface area contributed by atoms with E-state index in [1.165, 1.54) is 0 Å². The SMILES string of the molecule is [B]I(I)I(I)I(I)I(I)I(I)I(I)I(I)I(I)I(I)I(I)I(I)I. The molecule has 0 nitrogen and oxygen atoms in total. The summed E-state index contributed by atoms with van der Waals surface area (Å²) >= 11 is 35.6. The van der Waals surface area contributed by atoms with E-state index in [1.54, 1.807) is 0 Å². The van der Waals surface area contributed by atoms with Crippen molar-refractivity contribution in [2.75, 3.05) is 0 Å². The molecule has 0 rings (SSSR count). The minimum absolute atomic E-state index is 0.423. The standard InChI is InChI=1S/BI23/c1-14(2)16(5)18(7)20(9)22(11)24(13)23(12)21(10)19(8)17(6)15(3)4. The Balaban J connectivity index is 4.95. The first kappa shape index (κ1) is 40.9. The second-order valence-corrected chi connectivity index (χ2v) is 513. The van der Waals surface area contributed by atoms with Crippen molar-refractivity contribution in [3.8, 4) is 0 Å². The molecule has 0 saturated carbocycles. The molecule has 0 aromatic heterocycles. The van der Waals surface area contributed by atoms with Gasteiger partial charge in [0.2, 0.25) is 0 Å². The second kappa shape index (κ2) is 24.2. The summed E-state index contributed by atoms with van der Waals surface area (Å²) in [7, 11) is -4.89. The fraction of sp³-hybridized carbons (Fsp3) is 0. The van der Waals surface area contributed by atoms with Gasteiger partial charge in [-0.2, -0.15) is 0 Å². The van der Waals surface area contributed by atoms with Crippen molar-refractivity contribution >= 4 is 320 Å². The van der Waals surface area contributed by atoms with Crippen LogP contribution in [0.1, 0.15) is 0 Å². The summed E-state index contributed by atoms with van der Waals surface area (Å²) in [6, 6.07) is 0. The molecule has 0 aliphatic heterocycles. The van der Waals surface area contributed by atoms with E-state index in [2.05, 4.69) is 223 Å². The van der Waals surface area contributed by atoms with Crippen LogP contribution in [0.5, 0.6) is 0 Å². The van der Waals surface area contributed by atoms with Gasteiger partial charge in [0.05, 0.1) is 0 Å². The van der Waals surface area contributed by atoms with Crippen molar-refractivity contribution in [1.82, 2.24) is 0 Å². The quantitative estimate of drug-likeness (QED) is 0.151. The molecule has 0 heterocycles. The van der Waals surface area contributed by atoms with Crippen molar-refractivity contribution in [3.63, 3.8) is 0 Å². The fourth-order valence-electron chi connectivity index (χ4n) is 0.286. The molecule has 0 aliphatic carbocycles. The van der Waals surface area contributed by atoms with Gasteiger partial charge in [-0.15, -0.1) is 0 Å². The molecule has 2 radical (unpaired) electrons. The van der Waals surface area contributed by atoms with Gasteiger partial charge in [-0.3, -0.25) is 0 Å². The van der Waals surface area contributed by atoms with Crippen LogP contribution in [-0.4, -0.2) is 5.70 Å². The molecular weight excluding hydrogens is 2930 g/mol. The van der Waals surface area contributed by atoms with Crippen LogP contribution in [0.4, 0.5) is 0 Å². The zero-order valence-corrected chi connectivity index (χ0v) is 58.9. The maximum atomic E-state index is 6.48. The summed E-state index contributed by atoms with van der Waals surface area (Å²) in [6.45, 7) is 0. The molecule has 24 heavy (non-hydrogen) atoms. The molecule has 164 valence electrons. The molecule has 24 heteroatoms. The molecule has 0 aliphatic rings. The molecule has 0 saturated heterocycles. The average molecular weight is 2930 g/mol. The molecular formula is BI23. The molecule has 0 aromatic rings. The van der Waals surface area contributed by atoms with Crippen molar-refractivity contribution in [2.45, 2.75) is 0 Å². The van der Waals surface area contributed by atoms with Gasteiger partial charge in [-0.1, -0.05) is 0 Å². The summed E-state index contributed by atoms with van der Waals surface area (Å²) in [5.74, 6) is 0. The zero-order valence-electron chi connectivity index (χ0n) is 9.27. The van der Waals surface area contributed by atoms with Crippen molar-refractivity contribution < 1.29 is 0 Å². The number of rotatable bonds is 10.